The molecule has 0 spiro atoms. The second kappa shape index (κ2) is 24.4. The van der Waals surface area contributed by atoms with E-state index in [0.717, 1.165) is 31.7 Å². The van der Waals surface area contributed by atoms with Crippen LogP contribution in [-0.4, -0.2) is 141 Å². The first-order valence-corrected chi connectivity index (χ1v) is 18.6. The Morgan fingerprint density at radius 1 is 0.907 bits per heavy atom. The van der Waals surface area contributed by atoms with Crippen LogP contribution in [-0.2, 0) is 48.2 Å². The van der Waals surface area contributed by atoms with Crippen molar-refractivity contribution in [1.29, 1.82) is 0 Å². The third-order valence-electron chi connectivity index (χ3n) is 8.58. The van der Waals surface area contributed by atoms with Crippen LogP contribution in [0.15, 0.2) is 29.3 Å². The van der Waals surface area contributed by atoms with E-state index in [1.165, 1.54) is 12.3 Å². The Bertz CT molecular complexity index is 1630. The number of carbonyl (C=O) groups is 2. The minimum Gasteiger partial charge on any atom is -0.477 e. The zero-order valence-electron chi connectivity index (χ0n) is 32.4. The first kappa shape index (κ1) is 44.4. The summed E-state index contributed by atoms with van der Waals surface area (Å²) in [5.41, 5.74) is 0.865. The van der Waals surface area contributed by atoms with E-state index >= 15 is 0 Å². The molecule has 0 saturated carbocycles. The number of aromatic carboxylic acids is 1. The fraction of sp³-hybridized carbons (Fsp3) is 0.649. The van der Waals surface area contributed by atoms with E-state index in [1.807, 2.05) is 29.7 Å². The van der Waals surface area contributed by atoms with Crippen LogP contribution in [0.2, 0.25) is 0 Å². The average Bonchev–Trinajstić information content (AvgIpc) is 3.62. The summed E-state index contributed by atoms with van der Waals surface area (Å²) < 4.78 is 45.2. The Morgan fingerprint density at radius 2 is 1.50 bits per heavy atom. The molecular weight excluding hydrogens is 705 g/mol. The lowest BCUT2D eigenvalue weighted by Gasteiger charge is -2.34. The number of pyridine rings is 1. The van der Waals surface area contributed by atoms with Gasteiger partial charge in [-0.3, -0.25) is 14.3 Å². The summed E-state index contributed by atoms with van der Waals surface area (Å²) in [5.74, 6) is -1.17. The number of hydrogen-bond donors (Lipinski definition) is 2. The standard InChI is InChI=1S/C20H38N4O6.C17H20FN3O3/c1-18(2)4-6-24-16-19(22-23-24)17-30-15-14-29-13-12-28-11-10-27-9-8-26-7-5-20(25)21-3;1-3-20-10-12(17(23)24)16(22)11-8-13(18)15(9-14(11)20)21-6-4-19(2)5-7-21/h16,18H,4-15,17H2,1-3H3,(H,21,25);8-10H,3-7H2,1-2H3,(H,23,24). The molecule has 1 aliphatic rings. The molecule has 17 heteroatoms. The van der Waals surface area contributed by atoms with Gasteiger partial charge in [-0.25, -0.2) is 9.18 Å². The number of amides is 1. The Labute approximate surface area is 316 Å². The van der Waals surface area contributed by atoms with Crippen LogP contribution in [0.5, 0.6) is 0 Å². The second-order valence-corrected chi connectivity index (χ2v) is 13.2. The molecule has 16 nitrogen and oxygen atoms in total. The van der Waals surface area contributed by atoms with E-state index < -0.39 is 17.2 Å². The number of hydrogen-bond acceptors (Lipinski definition) is 12. The number of ether oxygens (including phenoxy) is 5. The number of halogens is 1. The minimum absolute atomic E-state index is 0.0281. The number of aromatic nitrogens is 4. The molecule has 0 aliphatic carbocycles. The molecule has 0 radical (unpaired) electrons. The van der Waals surface area contributed by atoms with Gasteiger partial charge in [0.15, 0.2) is 0 Å². The second-order valence-electron chi connectivity index (χ2n) is 13.2. The number of fused-ring (bicyclic) bond motifs is 1. The fourth-order valence-corrected chi connectivity index (χ4v) is 5.35. The number of carboxylic acids is 1. The van der Waals surface area contributed by atoms with E-state index in [1.54, 1.807) is 17.7 Å². The summed E-state index contributed by atoms with van der Waals surface area (Å²) in [6.07, 6.45) is 4.71. The van der Waals surface area contributed by atoms with Gasteiger partial charge >= 0.3 is 5.97 Å². The Balaban J connectivity index is 0.000000296. The van der Waals surface area contributed by atoms with Crippen LogP contribution in [0.3, 0.4) is 0 Å². The predicted molar refractivity (Wildman–Crippen MR) is 202 cm³/mol. The van der Waals surface area contributed by atoms with Crippen molar-refractivity contribution in [3.05, 3.63) is 51.8 Å². The van der Waals surface area contributed by atoms with Crippen molar-refractivity contribution < 1.29 is 42.8 Å². The molecule has 1 aliphatic heterocycles. The molecule has 2 aromatic heterocycles. The molecular formula is C37H58FN7O9. The number of carbonyl (C=O) groups excluding carboxylic acids is 1. The normalized spacial score (nSPS) is 13.4. The molecule has 3 aromatic rings. The molecule has 2 N–H and O–H groups in total. The quantitative estimate of drug-likeness (QED) is 0.135. The molecule has 3 heterocycles. The van der Waals surface area contributed by atoms with Gasteiger partial charge < -0.3 is 48.5 Å². The number of rotatable bonds is 23. The maximum absolute atomic E-state index is 14.6. The third-order valence-corrected chi connectivity index (χ3v) is 8.58. The Hall–Kier alpha value is -4.00. The van der Waals surface area contributed by atoms with Gasteiger partial charge in [0.25, 0.3) is 0 Å². The van der Waals surface area contributed by atoms with Crippen molar-refractivity contribution in [2.24, 2.45) is 5.92 Å². The number of nitrogens with one attached hydrogen (secondary N) is 1. The third kappa shape index (κ3) is 15.4. The van der Waals surface area contributed by atoms with Gasteiger partial charge in [-0.2, -0.15) is 0 Å². The van der Waals surface area contributed by atoms with Crippen molar-refractivity contribution in [3.8, 4) is 0 Å². The average molecular weight is 764 g/mol. The number of benzene rings is 1. The predicted octanol–water partition coefficient (Wildman–Crippen LogP) is 2.65. The van der Waals surface area contributed by atoms with Gasteiger partial charge in [-0.1, -0.05) is 19.1 Å². The molecule has 1 fully saturated rings. The summed E-state index contributed by atoms with van der Waals surface area (Å²) in [5, 5.41) is 20.0. The van der Waals surface area contributed by atoms with Crippen LogP contribution in [0, 0.1) is 11.7 Å². The van der Waals surface area contributed by atoms with Crippen LogP contribution in [0.25, 0.3) is 10.9 Å². The lowest BCUT2D eigenvalue weighted by molar-refractivity contribution is -0.121. The first-order chi connectivity index (χ1) is 26.0. The highest BCUT2D eigenvalue weighted by Crippen LogP contribution is 2.26. The van der Waals surface area contributed by atoms with E-state index in [4.69, 9.17) is 23.7 Å². The molecule has 54 heavy (non-hydrogen) atoms. The highest BCUT2D eigenvalue weighted by molar-refractivity contribution is 5.93. The number of carboxylic acid groups (broad SMARTS) is 1. The fourth-order valence-electron chi connectivity index (χ4n) is 5.35. The zero-order chi connectivity index (χ0) is 39.3. The number of anilines is 1. The van der Waals surface area contributed by atoms with Crippen LogP contribution in [0.1, 0.15) is 49.7 Å². The number of piperazine rings is 1. The molecule has 302 valence electrons. The summed E-state index contributed by atoms with van der Waals surface area (Å²) in [6.45, 7) is 15.5. The van der Waals surface area contributed by atoms with Gasteiger partial charge in [0.2, 0.25) is 11.3 Å². The van der Waals surface area contributed by atoms with E-state index in [-0.39, 0.29) is 16.9 Å². The van der Waals surface area contributed by atoms with Gasteiger partial charge in [0.05, 0.1) is 83.5 Å². The molecule has 0 unspecified atom stereocenters. The Morgan fingerprint density at radius 3 is 2.06 bits per heavy atom. The Kier molecular flexibility index (Phi) is 20.1. The van der Waals surface area contributed by atoms with Gasteiger partial charge in [-0.15, -0.1) is 5.10 Å². The SMILES string of the molecule is CCn1cc(C(=O)O)c(=O)c2cc(F)c(N3CCN(C)CC3)cc21.CNC(=O)CCOCCOCCOCCOCCOCc1cn(CCC(C)C)nn1. The van der Waals surface area contributed by atoms with Gasteiger partial charge in [0, 0.05) is 64.3 Å². The van der Waals surface area contributed by atoms with Gasteiger partial charge in [0.1, 0.15) is 17.1 Å². The monoisotopic (exact) mass is 763 g/mol. The molecule has 1 saturated heterocycles. The summed E-state index contributed by atoms with van der Waals surface area (Å²) >= 11 is 0. The number of aryl methyl sites for hydroxylation is 2. The maximum atomic E-state index is 14.6. The molecule has 0 bridgehead atoms. The smallest absolute Gasteiger partial charge is 0.341 e. The van der Waals surface area contributed by atoms with Crippen LogP contribution in [0.4, 0.5) is 10.1 Å². The molecule has 4 rings (SSSR count). The maximum Gasteiger partial charge on any atom is 0.341 e. The lowest BCUT2D eigenvalue weighted by atomic mass is 10.1. The van der Waals surface area contributed by atoms with Crippen molar-refractivity contribution in [2.45, 2.75) is 53.3 Å². The van der Waals surface area contributed by atoms with E-state index in [0.29, 0.717) is 109 Å². The largest absolute Gasteiger partial charge is 0.477 e. The first-order valence-electron chi connectivity index (χ1n) is 18.6. The van der Waals surface area contributed by atoms with Crippen LogP contribution >= 0.6 is 0 Å². The van der Waals surface area contributed by atoms with Crippen molar-refractivity contribution in [2.75, 3.05) is 105 Å². The van der Waals surface area contributed by atoms with E-state index in [2.05, 4.69) is 34.4 Å². The lowest BCUT2D eigenvalue weighted by Crippen LogP contribution is -2.44. The molecule has 0 atom stereocenters. The van der Waals surface area contributed by atoms with E-state index in [9.17, 15) is 23.9 Å². The van der Waals surface area contributed by atoms with Crippen molar-refractivity contribution >= 4 is 28.5 Å². The number of nitrogens with zero attached hydrogens (tertiary/aromatic N) is 6. The summed E-state index contributed by atoms with van der Waals surface area (Å²) in [7, 11) is 3.63. The highest BCUT2D eigenvalue weighted by Gasteiger charge is 2.21. The van der Waals surface area contributed by atoms with Crippen molar-refractivity contribution in [1.82, 2.24) is 29.8 Å². The van der Waals surface area contributed by atoms with Gasteiger partial charge in [-0.05, 0) is 38.4 Å². The zero-order valence-corrected chi connectivity index (χ0v) is 32.4. The summed E-state index contributed by atoms with van der Waals surface area (Å²) in [4.78, 5) is 38.7. The summed E-state index contributed by atoms with van der Waals surface area (Å²) in [6, 6.07) is 2.83. The molecule has 1 amide bonds. The highest BCUT2D eigenvalue weighted by atomic mass is 19.1. The molecule has 1 aromatic carbocycles. The number of likely N-dealkylation sites (N-methyl/N-ethyl adjacent to an activating group) is 1. The van der Waals surface area contributed by atoms with Crippen LogP contribution < -0.4 is 15.6 Å². The topological polar surface area (TPSA) is 172 Å². The van der Waals surface area contributed by atoms with Crippen molar-refractivity contribution in [3.63, 3.8) is 0 Å². The minimum atomic E-state index is -1.30.